The van der Waals surface area contributed by atoms with Crippen molar-refractivity contribution >= 4 is 45.9 Å². The number of benzene rings is 2. The molecule has 0 aliphatic carbocycles. The minimum absolute atomic E-state index is 0.0867. The Labute approximate surface area is 230 Å². The number of halogens is 4. The van der Waals surface area contributed by atoms with Gasteiger partial charge in [0.2, 0.25) is 0 Å². The Morgan fingerprint density at radius 3 is 2.46 bits per heavy atom. The van der Waals surface area contributed by atoms with Crippen molar-refractivity contribution in [1.29, 1.82) is 0 Å². The van der Waals surface area contributed by atoms with Crippen LogP contribution in [-0.2, 0) is 6.54 Å². The molecule has 3 aromatic rings. The molecule has 204 valence electrons. The summed E-state index contributed by atoms with van der Waals surface area (Å²) in [5.41, 5.74) is 2.10. The number of thioether (sulfide) groups is 1. The van der Waals surface area contributed by atoms with E-state index in [1.54, 1.807) is 30.3 Å². The summed E-state index contributed by atoms with van der Waals surface area (Å²) in [4.78, 5) is 25.1. The molecule has 0 saturated carbocycles. The Kier molecular flexibility index (Phi) is 8.60. The number of anilines is 1. The molecule has 1 aliphatic heterocycles. The molecule has 0 spiro atoms. The van der Waals surface area contributed by atoms with E-state index in [1.807, 2.05) is 6.92 Å². The molecule has 1 aromatic heterocycles. The highest BCUT2D eigenvalue weighted by Crippen LogP contribution is 2.36. The third-order valence-corrected chi connectivity index (χ3v) is 6.91. The van der Waals surface area contributed by atoms with Crippen molar-refractivity contribution in [3.05, 3.63) is 76.6 Å². The van der Waals surface area contributed by atoms with Crippen LogP contribution in [-0.4, -0.2) is 50.8 Å². The quantitative estimate of drug-likeness (QED) is 0.341. The van der Waals surface area contributed by atoms with Gasteiger partial charge in [0.1, 0.15) is 0 Å². The van der Waals surface area contributed by atoms with Crippen LogP contribution >= 0.6 is 23.4 Å². The van der Waals surface area contributed by atoms with Crippen molar-refractivity contribution in [3.63, 3.8) is 0 Å². The number of rotatable bonds is 8. The van der Waals surface area contributed by atoms with Crippen molar-refractivity contribution in [1.82, 2.24) is 15.2 Å². The van der Waals surface area contributed by atoms with E-state index in [2.05, 4.69) is 25.4 Å². The van der Waals surface area contributed by atoms with E-state index in [0.717, 1.165) is 11.8 Å². The Hall–Kier alpha value is -3.84. The summed E-state index contributed by atoms with van der Waals surface area (Å²) in [5, 5.41) is 15.3. The van der Waals surface area contributed by atoms with Gasteiger partial charge < -0.3 is 14.8 Å². The van der Waals surface area contributed by atoms with Gasteiger partial charge in [-0.15, -0.1) is 23.4 Å². The van der Waals surface area contributed by atoms with Crippen LogP contribution in [0.2, 0.25) is 5.15 Å². The molecular formula is C25H21ClF3N5O4S. The van der Waals surface area contributed by atoms with Crippen molar-refractivity contribution < 1.29 is 32.2 Å². The van der Waals surface area contributed by atoms with Crippen LogP contribution in [0.15, 0.2) is 59.7 Å². The fourth-order valence-corrected chi connectivity index (χ4v) is 4.67. The highest BCUT2D eigenvalue weighted by molar-refractivity contribution is 8.14. The summed E-state index contributed by atoms with van der Waals surface area (Å²) in [5.74, 6) is -1.06. The first kappa shape index (κ1) is 28.2. The molecule has 1 N–H and O–H groups in total. The van der Waals surface area contributed by atoms with Crippen molar-refractivity contribution in [2.75, 3.05) is 12.4 Å². The number of carbonyl (C=O) groups is 2. The summed E-state index contributed by atoms with van der Waals surface area (Å²) in [7, 11) is 1.24. The van der Waals surface area contributed by atoms with Gasteiger partial charge in [-0.2, -0.15) is 5.10 Å². The lowest BCUT2D eigenvalue weighted by Gasteiger charge is -2.28. The molecule has 0 bridgehead atoms. The minimum Gasteiger partial charge on any atom is -0.493 e. The minimum atomic E-state index is -4.91. The summed E-state index contributed by atoms with van der Waals surface area (Å²) in [6.07, 6.45) is -4.38. The van der Waals surface area contributed by atoms with E-state index >= 15 is 0 Å². The molecule has 1 aliphatic rings. The van der Waals surface area contributed by atoms with Gasteiger partial charge in [0.25, 0.3) is 5.91 Å². The Morgan fingerprint density at radius 1 is 1.10 bits per heavy atom. The number of alkyl halides is 3. The van der Waals surface area contributed by atoms with E-state index in [9.17, 15) is 22.8 Å². The first-order chi connectivity index (χ1) is 18.6. The second-order valence-corrected chi connectivity index (χ2v) is 9.67. The molecular weight excluding hydrogens is 559 g/mol. The van der Waals surface area contributed by atoms with Gasteiger partial charge in [0, 0.05) is 11.3 Å². The zero-order chi connectivity index (χ0) is 28.2. The number of hydrazone groups is 1. The summed E-state index contributed by atoms with van der Waals surface area (Å²) in [6, 6.07) is 13.8. The third kappa shape index (κ3) is 7.18. The monoisotopic (exact) mass is 579 g/mol. The van der Waals surface area contributed by atoms with E-state index in [0.29, 0.717) is 28.9 Å². The molecule has 39 heavy (non-hydrogen) atoms. The number of carbonyl (C=O) groups excluding carboxylic acids is 2. The maximum atomic E-state index is 12.9. The van der Waals surface area contributed by atoms with E-state index in [4.69, 9.17) is 16.3 Å². The highest BCUT2D eigenvalue weighted by Gasteiger charge is 2.34. The van der Waals surface area contributed by atoms with Crippen LogP contribution in [0.1, 0.15) is 35.0 Å². The Bertz CT molecular complexity index is 1390. The van der Waals surface area contributed by atoms with Gasteiger partial charge in [-0.3, -0.25) is 9.59 Å². The zero-order valence-electron chi connectivity index (χ0n) is 20.5. The number of nitrogens with zero attached hydrogens (tertiary/aromatic N) is 4. The maximum Gasteiger partial charge on any atom is 0.573 e. The van der Waals surface area contributed by atoms with Crippen LogP contribution in [0.4, 0.5) is 23.7 Å². The standard InChI is InChI=1S/C25H21ClF3N5O4S/c1-3-20-22(15-6-10-18(37-2)19(12-15)38-25(27,28)29)33-34(24(36)39-20)13-14-4-7-16(8-5-14)30-23(35)17-9-11-21(26)32-31-17/h4-12,20H,3,13H2,1-2H3,(H,30,35). The second-order valence-electron chi connectivity index (χ2n) is 8.13. The normalized spacial score (nSPS) is 15.5. The highest BCUT2D eigenvalue weighted by atomic mass is 35.5. The fourth-order valence-electron chi connectivity index (χ4n) is 3.63. The predicted molar refractivity (Wildman–Crippen MR) is 140 cm³/mol. The Morgan fingerprint density at radius 2 is 1.85 bits per heavy atom. The molecule has 14 heteroatoms. The number of nitrogens with one attached hydrogen (secondary N) is 1. The van der Waals surface area contributed by atoms with Crippen molar-refractivity contribution in [2.45, 2.75) is 31.5 Å². The molecule has 2 heterocycles. The molecule has 0 fully saturated rings. The molecule has 1 unspecified atom stereocenters. The number of methoxy groups -OCH3 is 1. The smallest absolute Gasteiger partial charge is 0.493 e. The first-order valence-corrected chi connectivity index (χ1v) is 12.7. The molecule has 9 nitrogen and oxygen atoms in total. The lowest BCUT2D eigenvalue weighted by Crippen LogP contribution is -2.34. The summed E-state index contributed by atoms with van der Waals surface area (Å²) in [6.45, 7) is 1.96. The molecule has 1 atom stereocenters. The maximum absolute atomic E-state index is 12.9. The molecule has 0 radical (unpaired) electrons. The van der Waals surface area contributed by atoms with E-state index in [-0.39, 0.29) is 33.6 Å². The average Bonchev–Trinajstić information content (AvgIpc) is 2.90. The zero-order valence-corrected chi connectivity index (χ0v) is 22.1. The lowest BCUT2D eigenvalue weighted by atomic mass is 10.0. The number of hydrogen-bond donors (Lipinski definition) is 1. The van der Waals surface area contributed by atoms with Gasteiger partial charge in [0.15, 0.2) is 22.3 Å². The number of hydrogen-bond acceptors (Lipinski definition) is 8. The predicted octanol–water partition coefficient (Wildman–Crippen LogP) is 6.14. The van der Waals surface area contributed by atoms with Gasteiger partial charge in [-0.1, -0.05) is 42.4 Å². The Balaban J connectivity index is 1.53. The first-order valence-electron chi connectivity index (χ1n) is 11.5. The molecule has 2 aromatic carbocycles. The number of aromatic nitrogens is 2. The topological polar surface area (TPSA) is 106 Å². The van der Waals surface area contributed by atoms with Crippen LogP contribution in [0.25, 0.3) is 0 Å². The lowest BCUT2D eigenvalue weighted by molar-refractivity contribution is -0.275. The average molecular weight is 580 g/mol. The van der Waals surface area contributed by atoms with Crippen LogP contribution in [0.3, 0.4) is 0 Å². The van der Waals surface area contributed by atoms with Gasteiger partial charge >= 0.3 is 11.6 Å². The van der Waals surface area contributed by atoms with Crippen molar-refractivity contribution in [3.8, 4) is 11.5 Å². The molecule has 2 amide bonds. The second kappa shape index (κ2) is 11.9. The third-order valence-electron chi connectivity index (χ3n) is 5.45. The SMILES string of the molecule is CCC1SC(=O)N(Cc2ccc(NC(=O)c3ccc(Cl)nn3)cc2)N=C1c1ccc(OC)c(OC(F)(F)F)c1. The van der Waals surface area contributed by atoms with Crippen LogP contribution < -0.4 is 14.8 Å². The summed E-state index contributed by atoms with van der Waals surface area (Å²) >= 11 is 6.73. The van der Waals surface area contributed by atoms with Gasteiger partial charge in [-0.05, 0) is 54.4 Å². The fraction of sp³-hybridized carbons (Fsp3) is 0.240. The van der Waals surface area contributed by atoms with Crippen molar-refractivity contribution in [2.24, 2.45) is 5.10 Å². The largest absolute Gasteiger partial charge is 0.573 e. The van der Waals surface area contributed by atoms with Gasteiger partial charge in [-0.25, -0.2) is 5.01 Å². The molecule has 0 saturated heterocycles. The summed E-state index contributed by atoms with van der Waals surface area (Å²) < 4.78 is 47.9. The van der Waals surface area contributed by atoms with Gasteiger partial charge in [0.05, 0.1) is 24.6 Å². The van der Waals surface area contributed by atoms with Crippen LogP contribution in [0.5, 0.6) is 11.5 Å². The van der Waals surface area contributed by atoms with Crippen LogP contribution in [0, 0.1) is 0 Å². The molecule has 4 rings (SSSR count). The van der Waals surface area contributed by atoms with E-state index < -0.39 is 18.0 Å². The van der Waals surface area contributed by atoms with E-state index in [1.165, 1.54) is 36.4 Å². The number of amides is 2. The number of ether oxygens (including phenoxy) is 2.